The zero-order valence-electron chi connectivity index (χ0n) is 13.3. The number of anilines is 1. The highest BCUT2D eigenvalue weighted by Crippen LogP contribution is 2.21. The van der Waals surface area contributed by atoms with Crippen LogP contribution in [0.15, 0.2) is 18.2 Å². The summed E-state index contributed by atoms with van der Waals surface area (Å²) < 4.78 is 0. The third kappa shape index (κ3) is 5.94. The van der Waals surface area contributed by atoms with Crippen molar-refractivity contribution in [2.45, 2.75) is 39.5 Å². The molecule has 5 heteroatoms. The number of para-hydroxylation sites is 1. The third-order valence-corrected chi connectivity index (χ3v) is 3.62. The normalized spacial score (nSPS) is 15.4. The molecule has 0 amide bonds. The number of H-pyrrole nitrogens is 1. The SMILES string of the molecule is CC.CN1CCCCCC1.Nc1nc2c(Cl)cccc2[nH]1. The summed E-state index contributed by atoms with van der Waals surface area (Å²) in [7, 11) is 2.21. The van der Waals surface area contributed by atoms with Crippen LogP contribution in [0.2, 0.25) is 5.02 Å². The standard InChI is InChI=1S/C7H6ClN3.C7H15N.C2H6/c8-4-2-1-3-5-6(4)11-7(9)10-5;1-8-6-4-2-3-5-7-8;1-2/h1-3H,(H3,9,10,11);2-7H2,1H3;1-2H3. The minimum Gasteiger partial charge on any atom is -0.369 e. The van der Waals surface area contributed by atoms with Crippen LogP contribution >= 0.6 is 11.6 Å². The molecular formula is C16H27ClN4. The highest BCUT2D eigenvalue weighted by Gasteiger charge is 2.02. The molecule has 0 radical (unpaired) electrons. The molecular weight excluding hydrogens is 284 g/mol. The molecule has 1 aromatic carbocycles. The molecule has 1 fully saturated rings. The van der Waals surface area contributed by atoms with Gasteiger partial charge in [-0.1, -0.05) is 44.4 Å². The van der Waals surface area contributed by atoms with Crippen LogP contribution in [0.5, 0.6) is 0 Å². The summed E-state index contributed by atoms with van der Waals surface area (Å²) in [6.45, 7) is 6.64. The van der Waals surface area contributed by atoms with Crippen molar-refractivity contribution < 1.29 is 0 Å². The largest absolute Gasteiger partial charge is 0.369 e. The molecule has 1 aliphatic rings. The van der Waals surface area contributed by atoms with E-state index in [1.807, 2.05) is 26.0 Å². The first-order chi connectivity index (χ1) is 10.2. The summed E-state index contributed by atoms with van der Waals surface area (Å²) in [6.07, 6.45) is 5.72. The Bertz CT molecular complexity index is 516. The number of aromatic nitrogens is 2. The van der Waals surface area contributed by atoms with Crippen LogP contribution in [0.3, 0.4) is 0 Å². The molecule has 21 heavy (non-hydrogen) atoms. The van der Waals surface area contributed by atoms with Gasteiger partial charge in [-0.2, -0.15) is 0 Å². The van der Waals surface area contributed by atoms with E-state index in [0.29, 0.717) is 11.0 Å². The maximum atomic E-state index is 5.83. The molecule has 2 heterocycles. The van der Waals surface area contributed by atoms with E-state index >= 15 is 0 Å². The first-order valence-corrected chi connectivity index (χ1v) is 8.13. The topological polar surface area (TPSA) is 57.9 Å². The van der Waals surface area contributed by atoms with Crippen molar-refractivity contribution in [1.82, 2.24) is 14.9 Å². The van der Waals surface area contributed by atoms with E-state index in [1.54, 1.807) is 6.07 Å². The van der Waals surface area contributed by atoms with E-state index in [-0.39, 0.29) is 0 Å². The molecule has 1 aromatic heterocycles. The first-order valence-electron chi connectivity index (χ1n) is 7.75. The van der Waals surface area contributed by atoms with Crippen LogP contribution in [0.4, 0.5) is 5.95 Å². The number of fused-ring (bicyclic) bond motifs is 1. The van der Waals surface area contributed by atoms with Gasteiger partial charge in [-0.25, -0.2) is 4.98 Å². The zero-order chi connectivity index (χ0) is 15.7. The smallest absolute Gasteiger partial charge is 0.198 e. The predicted molar refractivity (Wildman–Crippen MR) is 92.8 cm³/mol. The maximum absolute atomic E-state index is 5.83. The summed E-state index contributed by atoms with van der Waals surface area (Å²) in [5.41, 5.74) is 7.03. The summed E-state index contributed by atoms with van der Waals surface area (Å²) in [5.74, 6) is 0.396. The van der Waals surface area contributed by atoms with Crippen LogP contribution in [-0.2, 0) is 0 Å². The van der Waals surface area contributed by atoms with Crippen molar-refractivity contribution in [2.75, 3.05) is 25.9 Å². The molecule has 1 saturated heterocycles. The van der Waals surface area contributed by atoms with Gasteiger partial charge in [0, 0.05) is 0 Å². The van der Waals surface area contributed by atoms with Crippen LogP contribution in [-0.4, -0.2) is 35.0 Å². The Kier molecular flexibility index (Phi) is 8.16. The number of hydrogen-bond acceptors (Lipinski definition) is 3. The summed E-state index contributed by atoms with van der Waals surface area (Å²) in [6, 6.07) is 5.51. The molecule has 0 atom stereocenters. The van der Waals surface area contributed by atoms with Gasteiger partial charge in [0.2, 0.25) is 0 Å². The zero-order valence-corrected chi connectivity index (χ0v) is 14.1. The number of aromatic amines is 1. The first kappa shape index (κ1) is 17.8. The number of likely N-dealkylation sites (tertiary alicyclic amines) is 1. The monoisotopic (exact) mass is 310 g/mol. The number of nitrogens with zero attached hydrogens (tertiary/aromatic N) is 2. The molecule has 0 unspecified atom stereocenters. The second-order valence-electron chi connectivity index (χ2n) is 4.98. The summed E-state index contributed by atoms with van der Waals surface area (Å²) in [5, 5.41) is 0.621. The number of nitrogens with two attached hydrogens (primary N) is 1. The van der Waals surface area contributed by atoms with Crippen molar-refractivity contribution in [3.8, 4) is 0 Å². The number of rotatable bonds is 0. The van der Waals surface area contributed by atoms with Gasteiger partial charge in [0.15, 0.2) is 5.95 Å². The molecule has 3 rings (SSSR count). The average molecular weight is 311 g/mol. The fraction of sp³-hybridized carbons (Fsp3) is 0.562. The van der Waals surface area contributed by atoms with Gasteiger partial charge in [-0.15, -0.1) is 0 Å². The number of halogens is 1. The fourth-order valence-corrected chi connectivity index (χ4v) is 2.46. The Hall–Kier alpha value is -1.26. The number of benzene rings is 1. The molecule has 0 bridgehead atoms. The van der Waals surface area contributed by atoms with E-state index in [1.165, 1.54) is 38.8 Å². The van der Waals surface area contributed by atoms with Gasteiger partial charge in [0.1, 0.15) is 5.52 Å². The van der Waals surface area contributed by atoms with Gasteiger partial charge in [0.05, 0.1) is 10.5 Å². The highest BCUT2D eigenvalue weighted by atomic mass is 35.5. The summed E-state index contributed by atoms with van der Waals surface area (Å²) >= 11 is 5.83. The fourth-order valence-electron chi connectivity index (χ4n) is 2.25. The molecule has 0 saturated carbocycles. The van der Waals surface area contributed by atoms with Crippen LogP contribution in [0.1, 0.15) is 39.5 Å². The van der Waals surface area contributed by atoms with E-state index in [4.69, 9.17) is 17.3 Å². The predicted octanol–water partition coefficient (Wildman–Crippen LogP) is 4.32. The quantitative estimate of drug-likeness (QED) is 0.762. The number of nitrogen functional groups attached to an aromatic ring is 1. The van der Waals surface area contributed by atoms with Crippen molar-refractivity contribution in [3.05, 3.63) is 23.2 Å². The Morgan fingerprint density at radius 2 is 1.76 bits per heavy atom. The lowest BCUT2D eigenvalue weighted by Gasteiger charge is -2.10. The van der Waals surface area contributed by atoms with Gasteiger partial charge in [0.25, 0.3) is 0 Å². The highest BCUT2D eigenvalue weighted by molar-refractivity contribution is 6.34. The number of imidazole rings is 1. The average Bonchev–Trinajstić information content (AvgIpc) is 2.71. The Balaban J connectivity index is 0.000000196. The molecule has 0 spiro atoms. The van der Waals surface area contributed by atoms with Crippen molar-refractivity contribution in [3.63, 3.8) is 0 Å². The summed E-state index contributed by atoms with van der Waals surface area (Å²) in [4.78, 5) is 9.31. The van der Waals surface area contributed by atoms with E-state index in [9.17, 15) is 0 Å². The molecule has 4 nitrogen and oxygen atoms in total. The van der Waals surface area contributed by atoms with Gasteiger partial charge in [-0.05, 0) is 45.1 Å². The van der Waals surface area contributed by atoms with Gasteiger partial charge < -0.3 is 15.6 Å². The molecule has 118 valence electrons. The van der Waals surface area contributed by atoms with Crippen LogP contribution in [0, 0.1) is 0 Å². The minimum absolute atomic E-state index is 0.396. The lowest BCUT2D eigenvalue weighted by molar-refractivity contribution is 0.349. The van der Waals surface area contributed by atoms with Crippen molar-refractivity contribution >= 4 is 28.6 Å². The Labute approximate surface area is 132 Å². The second kappa shape index (κ2) is 9.64. The van der Waals surface area contributed by atoms with E-state index in [0.717, 1.165) is 11.0 Å². The van der Waals surface area contributed by atoms with Gasteiger partial charge >= 0.3 is 0 Å². The Morgan fingerprint density at radius 3 is 2.33 bits per heavy atom. The third-order valence-electron chi connectivity index (χ3n) is 3.31. The van der Waals surface area contributed by atoms with Gasteiger partial charge in [-0.3, -0.25) is 0 Å². The van der Waals surface area contributed by atoms with E-state index in [2.05, 4.69) is 21.9 Å². The molecule has 1 aliphatic heterocycles. The molecule has 3 N–H and O–H groups in total. The van der Waals surface area contributed by atoms with Crippen LogP contribution < -0.4 is 5.73 Å². The van der Waals surface area contributed by atoms with Crippen LogP contribution in [0.25, 0.3) is 11.0 Å². The minimum atomic E-state index is 0.396. The van der Waals surface area contributed by atoms with E-state index < -0.39 is 0 Å². The van der Waals surface area contributed by atoms with Crippen molar-refractivity contribution in [1.29, 1.82) is 0 Å². The molecule has 2 aromatic rings. The molecule has 0 aliphatic carbocycles. The Morgan fingerprint density at radius 1 is 1.14 bits per heavy atom. The lowest BCUT2D eigenvalue weighted by Crippen LogP contribution is -2.18. The maximum Gasteiger partial charge on any atom is 0.198 e. The number of hydrogen-bond donors (Lipinski definition) is 2. The van der Waals surface area contributed by atoms with Crippen molar-refractivity contribution in [2.24, 2.45) is 0 Å². The number of nitrogens with one attached hydrogen (secondary N) is 1. The second-order valence-corrected chi connectivity index (χ2v) is 5.38. The lowest BCUT2D eigenvalue weighted by atomic mass is 10.2.